The number of carbonyl (C=O) groups excluding carboxylic acids is 1. The van der Waals surface area contributed by atoms with Crippen LogP contribution in [0.5, 0.6) is 0 Å². The summed E-state index contributed by atoms with van der Waals surface area (Å²) in [5.41, 5.74) is 0. The molecule has 0 aromatic heterocycles. The van der Waals surface area contributed by atoms with Crippen LogP contribution in [-0.4, -0.2) is 23.7 Å². The zero-order chi connectivity index (χ0) is 11.8. The summed E-state index contributed by atoms with van der Waals surface area (Å²) in [5.74, 6) is -1.11. The Bertz CT molecular complexity index is 211. The molecular weight excluding hydrogens is 196 g/mol. The highest BCUT2D eigenvalue weighted by atomic mass is 16.5. The zero-order valence-electron chi connectivity index (χ0n) is 9.66. The second-order valence-corrected chi connectivity index (χ2v) is 4.03. The Morgan fingerprint density at radius 1 is 1.27 bits per heavy atom. The number of ether oxygens (including phenoxy) is 1. The first-order valence-electron chi connectivity index (χ1n) is 5.34. The van der Waals surface area contributed by atoms with Crippen molar-refractivity contribution in [3.05, 3.63) is 0 Å². The molecule has 15 heavy (non-hydrogen) atoms. The van der Waals surface area contributed by atoms with Gasteiger partial charge in [0.05, 0.1) is 6.61 Å². The molecule has 0 amide bonds. The van der Waals surface area contributed by atoms with Crippen molar-refractivity contribution in [2.24, 2.45) is 11.8 Å². The third-order valence-corrected chi connectivity index (χ3v) is 2.28. The number of carboxylic acid groups (broad SMARTS) is 1. The van der Waals surface area contributed by atoms with Crippen LogP contribution in [0.25, 0.3) is 0 Å². The van der Waals surface area contributed by atoms with Gasteiger partial charge in [0.2, 0.25) is 0 Å². The van der Waals surface area contributed by atoms with Gasteiger partial charge in [-0.1, -0.05) is 20.8 Å². The van der Waals surface area contributed by atoms with Gasteiger partial charge in [-0.15, -0.1) is 0 Å². The summed E-state index contributed by atoms with van der Waals surface area (Å²) in [7, 11) is 0. The summed E-state index contributed by atoms with van der Waals surface area (Å²) in [5, 5.41) is 8.67. The molecule has 0 fully saturated rings. The smallest absolute Gasteiger partial charge is 0.306 e. The second kappa shape index (κ2) is 7.26. The standard InChI is InChI=1S/C11H20O4/c1-4-5-15-11(14)7-9(8(2)3)6-10(12)13/h8-9H,4-7H2,1-3H3,(H,12,13)/t9-/m0/s1. The molecule has 0 aliphatic carbocycles. The Kier molecular flexibility index (Phi) is 6.75. The molecule has 0 radical (unpaired) electrons. The van der Waals surface area contributed by atoms with E-state index in [0.29, 0.717) is 6.61 Å². The summed E-state index contributed by atoms with van der Waals surface area (Å²) >= 11 is 0. The predicted octanol–water partition coefficient (Wildman–Crippen LogP) is 2.08. The number of hydrogen-bond donors (Lipinski definition) is 1. The molecule has 0 heterocycles. The van der Waals surface area contributed by atoms with Crippen LogP contribution in [0.3, 0.4) is 0 Å². The van der Waals surface area contributed by atoms with Gasteiger partial charge in [-0.05, 0) is 18.3 Å². The molecule has 0 bridgehead atoms. The number of esters is 1. The van der Waals surface area contributed by atoms with Crippen molar-refractivity contribution in [3.8, 4) is 0 Å². The van der Waals surface area contributed by atoms with Crippen LogP contribution < -0.4 is 0 Å². The fourth-order valence-electron chi connectivity index (χ4n) is 1.26. The zero-order valence-corrected chi connectivity index (χ0v) is 9.66. The lowest BCUT2D eigenvalue weighted by molar-refractivity contribution is -0.146. The highest BCUT2D eigenvalue weighted by molar-refractivity contribution is 5.72. The molecule has 0 unspecified atom stereocenters. The second-order valence-electron chi connectivity index (χ2n) is 4.03. The quantitative estimate of drug-likeness (QED) is 0.662. The average molecular weight is 216 g/mol. The van der Waals surface area contributed by atoms with Gasteiger partial charge in [0.15, 0.2) is 0 Å². The van der Waals surface area contributed by atoms with Gasteiger partial charge in [0.25, 0.3) is 0 Å². The van der Waals surface area contributed by atoms with Gasteiger partial charge < -0.3 is 9.84 Å². The normalized spacial score (nSPS) is 12.5. The first kappa shape index (κ1) is 13.9. The molecule has 88 valence electrons. The molecule has 1 N–H and O–H groups in total. The Morgan fingerprint density at radius 2 is 1.87 bits per heavy atom. The van der Waals surface area contributed by atoms with E-state index in [1.165, 1.54) is 0 Å². The molecule has 0 aliphatic heterocycles. The number of rotatable bonds is 7. The maximum absolute atomic E-state index is 11.3. The van der Waals surface area contributed by atoms with E-state index in [9.17, 15) is 9.59 Å². The molecular formula is C11H20O4. The summed E-state index contributed by atoms with van der Waals surface area (Å²) in [6.45, 7) is 6.17. The Morgan fingerprint density at radius 3 is 2.27 bits per heavy atom. The van der Waals surface area contributed by atoms with E-state index in [1.54, 1.807) is 0 Å². The molecule has 0 aromatic rings. The summed E-state index contributed by atoms with van der Waals surface area (Å²) in [6, 6.07) is 0. The molecule has 0 rings (SSSR count). The predicted molar refractivity (Wildman–Crippen MR) is 56.4 cm³/mol. The Balaban J connectivity index is 4.04. The van der Waals surface area contributed by atoms with E-state index < -0.39 is 5.97 Å². The minimum Gasteiger partial charge on any atom is -0.481 e. The van der Waals surface area contributed by atoms with Gasteiger partial charge in [0.1, 0.15) is 0 Å². The first-order valence-corrected chi connectivity index (χ1v) is 5.34. The molecule has 0 aliphatic rings. The maximum Gasteiger partial charge on any atom is 0.306 e. The molecule has 1 atom stereocenters. The number of aliphatic carboxylic acids is 1. The van der Waals surface area contributed by atoms with Crippen molar-refractivity contribution in [2.75, 3.05) is 6.61 Å². The van der Waals surface area contributed by atoms with E-state index in [4.69, 9.17) is 9.84 Å². The fraction of sp³-hybridized carbons (Fsp3) is 0.818. The highest BCUT2D eigenvalue weighted by Gasteiger charge is 2.21. The minimum absolute atomic E-state index is 0.0267. The molecule has 4 heteroatoms. The van der Waals surface area contributed by atoms with Crippen LogP contribution in [-0.2, 0) is 14.3 Å². The van der Waals surface area contributed by atoms with Crippen molar-refractivity contribution >= 4 is 11.9 Å². The van der Waals surface area contributed by atoms with Crippen LogP contribution in [0.4, 0.5) is 0 Å². The van der Waals surface area contributed by atoms with Gasteiger partial charge in [0, 0.05) is 12.8 Å². The van der Waals surface area contributed by atoms with Gasteiger partial charge in [-0.2, -0.15) is 0 Å². The Hall–Kier alpha value is -1.06. The summed E-state index contributed by atoms with van der Waals surface area (Å²) < 4.78 is 4.92. The third-order valence-electron chi connectivity index (χ3n) is 2.28. The van der Waals surface area contributed by atoms with Crippen LogP contribution >= 0.6 is 0 Å². The van der Waals surface area contributed by atoms with Crippen molar-refractivity contribution < 1.29 is 19.4 Å². The number of carboxylic acids is 1. The first-order chi connectivity index (χ1) is 6.97. The third kappa shape index (κ3) is 6.94. The van der Waals surface area contributed by atoms with Crippen LogP contribution in [0.2, 0.25) is 0 Å². The lowest BCUT2D eigenvalue weighted by Gasteiger charge is -2.17. The number of carbonyl (C=O) groups is 2. The lowest BCUT2D eigenvalue weighted by Crippen LogP contribution is -2.19. The van der Waals surface area contributed by atoms with Crippen molar-refractivity contribution in [1.82, 2.24) is 0 Å². The van der Waals surface area contributed by atoms with Crippen LogP contribution in [0, 0.1) is 11.8 Å². The summed E-state index contributed by atoms with van der Waals surface area (Å²) in [4.78, 5) is 21.8. The monoisotopic (exact) mass is 216 g/mol. The van der Waals surface area contributed by atoms with Crippen molar-refractivity contribution in [2.45, 2.75) is 40.0 Å². The SMILES string of the molecule is CCCOC(=O)C[C@H](CC(=O)O)C(C)C. The minimum atomic E-state index is -0.864. The van der Waals surface area contributed by atoms with E-state index in [-0.39, 0.29) is 30.6 Å². The average Bonchev–Trinajstić information content (AvgIpc) is 2.12. The molecule has 0 aromatic carbocycles. The molecule has 0 saturated carbocycles. The maximum atomic E-state index is 11.3. The van der Waals surface area contributed by atoms with Crippen LogP contribution in [0.15, 0.2) is 0 Å². The van der Waals surface area contributed by atoms with Gasteiger partial charge >= 0.3 is 11.9 Å². The van der Waals surface area contributed by atoms with Crippen LogP contribution in [0.1, 0.15) is 40.0 Å². The van der Waals surface area contributed by atoms with E-state index >= 15 is 0 Å². The Labute approximate surface area is 90.6 Å². The van der Waals surface area contributed by atoms with E-state index in [0.717, 1.165) is 6.42 Å². The summed E-state index contributed by atoms with van der Waals surface area (Å²) in [6.07, 6.45) is 1.01. The van der Waals surface area contributed by atoms with Gasteiger partial charge in [-0.25, -0.2) is 0 Å². The van der Waals surface area contributed by atoms with E-state index in [1.807, 2.05) is 20.8 Å². The van der Waals surface area contributed by atoms with E-state index in [2.05, 4.69) is 0 Å². The van der Waals surface area contributed by atoms with Crippen molar-refractivity contribution in [3.63, 3.8) is 0 Å². The van der Waals surface area contributed by atoms with Gasteiger partial charge in [-0.3, -0.25) is 9.59 Å². The molecule has 4 nitrogen and oxygen atoms in total. The fourth-order valence-corrected chi connectivity index (χ4v) is 1.26. The highest BCUT2D eigenvalue weighted by Crippen LogP contribution is 2.19. The molecule has 0 saturated heterocycles. The largest absolute Gasteiger partial charge is 0.481 e. The number of hydrogen-bond acceptors (Lipinski definition) is 3. The van der Waals surface area contributed by atoms with Crippen molar-refractivity contribution in [1.29, 1.82) is 0 Å². The molecule has 0 spiro atoms. The topological polar surface area (TPSA) is 63.6 Å². The lowest BCUT2D eigenvalue weighted by atomic mass is 9.89.